The average Bonchev–Trinajstić information content (AvgIpc) is 3.45. The molecule has 0 spiro atoms. The lowest BCUT2D eigenvalue weighted by molar-refractivity contribution is -0.127. The molecule has 0 bridgehead atoms. The van der Waals surface area contributed by atoms with Gasteiger partial charge in [0.15, 0.2) is 17.0 Å². The van der Waals surface area contributed by atoms with E-state index in [9.17, 15) is 4.79 Å². The Morgan fingerprint density at radius 2 is 1.86 bits per heavy atom. The van der Waals surface area contributed by atoms with Crippen LogP contribution in [0.4, 0.5) is 23.1 Å². The maximum absolute atomic E-state index is 12.1. The molecule has 2 aromatic heterocycles. The van der Waals surface area contributed by atoms with E-state index in [1.807, 2.05) is 35.7 Å². The van der Waals surface area contributed by atoms with E-state index in [-0.39, 0.29) is 5.91 Å². The summed E-state index contributed by atoms with van der Waals surface area (Å²) in [5, 5.41) is 6.90. The summed E-state index contributed by atoms with van der Waals surface area (Å²) in [6.07, 6.45) is 3.38. The fourth-order valence-electron chi connectivity index (χ4n) is 4.86. The maximum Gasteiger partial charge on any atom is 0.231 e. The molecule has 0 unspecified atom stereocenters. The van der Waals surface area contributed by atoms with E-state index in [0.29, 0.717) is 43.4 Å². The second kappa shape index (κ2) is 11.8. The molecule has 1 aliphatic rings. The molecule has 1 aliphatic heterocycles. The van der Waals surface area contributed by atoms with Crippen LogP contribution in [0, 0.1) is 0 Å². The van der Waals surface area contributed by atoms with Crippen LogP contribution >= 0.6 is 0 Å². The van der Waals surface area contributed by atoms with E-state index in [1.165, 1.54) is 0 Å². The zero-order valence-corrected chi connectivity index (χ0v) is 23.0. The van der Waals surface area contributed by atoms with Crippen LogP contribution in [0.25, 0.3) is 11.2 Å². The van der Waals surface area contributed by atoms with Gasteiger partial charge in [-0.25, -0.2) is 4.98 Å². The molecule has 2 N–H and O–H groups in total. The molecule has 4 rings (SSSR count). The molecule has 1 fully saturated rings. The number of fused-ring (bicyclic) bond motifs is 1. The Morgan fingerprint density at radius 1 is 1.08 bits per heavy atom. The minimum absolute atomic E-state index is 0.226. The van der Waals surface area contributed by atoms with E-state index in [4.69, 9.17) is 9.97 Å². The van der Waals surface area contributed by atoms with Crippen LogP contribution in [-0.4, -0.2) is 87.6 Å². The lowest BCUT2D eigenvalue weighted by atomic mass is 10.2. The molecule has 200 valence electrons. The van der Waals surface area contributed by atoms with Gasteiger partial charge in [0.1, 0.15) is 0 Å². The van der Waals surface area contributed by atoms with E-state index >= 15 is 0 Å². The molecule has 1 aromatic carbocycles. The summed E-state index contributed by atoms with van der Waals surface area (Å²) in [6.45, 7) is 12.6. The summed E-state index contributed by atoms with van der Waals surface area (Å²) in [5.74, 6) is 1.44. The number of hydrogen-bond acceptors (Lipinski definition) is 8. The smallest absolute Gasteiger partial charge is 0.231 e. The topological polar surface area (TPSA) is 94.5 Å². The van der Waals surface area contributed by atoms with Gasteiger partial charge in [-0.15, -0.1) is 0 Å². The first-order chi connectivity index (χ1) is 17.7. The highest BCUT2D eigenvalue weighted by atomic mass is 16.2. The quantitative estimate of drug-likeness (QED) is 0.382. The molecule has 0 atom stereocenters. The molecule has 1 amide bonds. The fraction of sp³-hybridized carbons (Fsp3) is 0.556. The third kappa shape index (κ3) is 6.49. The van der Waals surface area contributed by atoms with E-state index in [1.54, 1.807) is 6.33 Å². The van der Waals surface area contributed by atoms with Gasteiger partial charge >= 0.3 is 0 Å². The zero-order valence-electron chi connectivity index (χ0n) is 23.0. The number of aromatic nitrogens is 4. The highest BCUT2D eigenvalue weighted by molar-refractivity contribution is 5.85. The minimum Gasteiger partial charge on any atom is -0.378 e. The average molecular weight is 508 g/mol. The Balaban J connectivity index is 1.60. The molecule has 37 heavy (non-hydrogen) atoms. The minimum atomic E-state index is 0.226. The van der Waals surface area contributed by atoms with Gasteiger partial charge < -0.3 is 25.0 Å². The number of anilines is 4. The van der Waals surface area contributed by atoms with Crippen molar-refractivity contribution in [2.24, 2.45) is 0 Å². The fourth-order valence-corrected chi connectivity index (χ4v) is 4.86. The molecule has 1 saturated heterocycles. The Bertz CT molecular complexity index is 1200. The van der Waals surface area contributed by atoms with Crippen LogP contribution in [0.5, 0.6) is 0 Å². The van der Waals surface area contributed by atoms with Gasteiger partial charge in [0.2, 0.25) is 11.9 Å². The summed E-state index contributed by atoms with van der Waals surface area (Å²) in [5.41, 5.74) is 3.49. The predicted molar refractivity (Wildman–Crippen MR) is 151 cm³/mol. The highest BCUT2D eigenvalue weighted by Crippen LogP contribution is 2.25. The molecule has 3 heterocycles. The van der Waals surface area contributed by atoms with Gasteiger partial charge in [-0.2, -0.15) is 9.97 Å². The number of rotatable bonds is 12. The second-order valence-corrected chi connectivity index (χ2v) is 10.4. The first kappa shape index (κ1) is 26.7. The number of benzene rings is 1. The molecule has 0 radical (unpaired) electrons. The van der Waals surface area contributed by atoms with E-state index < -0.39 is 0 Å². The number of hydrogen-bond donors (Lipinski definition) is 2. The number of likely N-dealkylation sites (tertiary alicyclic amines) is 1. The van der Waals surface area contributed by atoms with E-state index in [0.717, 1.165) is 48.6 Å². The van der Waals surface area contributed by atoms with Crippen LogP contribution in [0.15, 0.2) is 30.6 Å². The Hall–Kier alpha value is -3.40. The third-order valence-electron chi connectivity index (χ3n) is 6.85. The van der Waals surface area contributed by atoms with Crippen molar-refractivity contribution in [3.8, 4) is 0 Å². The van der Waals surface area contributed by atoms with Crippen molar-refractivity contribution in [2.45, 2.75) is 59.2 Å². The Morgan fingerprint density at radius 3 is 2.54 bits per heavy atom. The number of nitrogens with zero attached hydrogens (tertiary/aromatic N) is 7. The summed E-state index contributed by atoms with van der Waals surface area (Å²) >= 11 is 0. The number of nitrogens with one attached hydrogen (secondary N) is 2. The van der Waals surface area contributed by atoms with Gasteiger partial charge in [0.25, 0.3) is 0 Å². The summed E-state index contributed by atoms with van der Waals surface area (Å²) in [7, 11) is 4.04. The predicted octanol–water partition coefficient (Wildman–Crippen LogP) is 3.79. The van der Waals surface area contributed by atoms with Crippen LogP contribution in [0.3, 0.4) is 0 Å². The zero-order chi connectivity index (χ0) is 26.5. The first-order valence-corrected chi connectivity index (χ1v) is 13.3. The number of imidazole rings is 1. The summed E-state index contributed by atoms with van der Waals surface area (Å²) in [4.78, 5) is 32.8. The van der Waals surface area contributed by atoms with Crippen molar-refractivity contribution >= 4 is 40.2 Å². The lowest BCUT2D eigenvalue weighted by Crippen LogP contribution is -2.40. The maximum atomic E-state index is 12.1. The van der Waals surface area contributed by atoms with Gasteiger partial charge in [0, 0.05) is 76.7 Å². The Labute approximate surface area is 220 Å². The van der Waals surface area contributed by atoms with Crippen molar-refractivity contribution in [1.29, 1.82) is 0 Å². The second-order valence-electron chi connectivity index (χ2n) is 10.4. The largest absolute Gasteiger partial charge is 0.378 e. The standard InChI is InChI=1S/C27H41N9O/c1-19(2)36(20(3)4)14-12-28-25-24-26(35(18-29-24)16-15-34-13-8-11-23(34)37)32-27(31-25)30-21-9-7-10-22(17-21)33(5)6/h7,9-10,17-20H,8,11-16H2,1-6H3,(H2,28,30,31,32). The molecule has 0 aliphatic carbocycles. The Kier molecular flexibility index (Phi) is 8.48. The number of carbonyl (C=O) groups excluding carboxylic acids is 1. The van der Waals surface area contributed by atoms with Crippen molar-refractivity contribution < 1.29 is 4.79 Å². The molecule has 10 nitrogen and oxygen atoms in total. The number of amides is 1. The van der Waals surface area contributed by atoms with Gasteiger partial charge in [-0.1, -0.05) is 6.07 Å². The molecule has 3 aromatic rings. The van der Waals surface area contributed by atoms with Crippen molar-refractivity contribution in [3.63, 3.8) is 0 Å². The first-order valence-electron chi connectivity index (χ1n) is 13.3. The molecule has 10 heteroatoms. The lowest BCUT2D eigenvalue weighted by Gasteiger charge is -2.30. The van der Waals surface area contributed by atoms with Crippen LogP contribution in [0.1, 0.15) is 40.5 Å². The van der Waals surface area contributed by atoms with Gasteiger partial charge in [-0.3, -0.25) is 9.69 Å². The molecular formula is C27H41N9O. The highest BCUT2D eigenvalue weighted by Gasteiger charge is 2.21. The van der Waals surface area contributed by atoms with Gasteiger partial charge in [0.05, 0.1) is 6.33 Å². The molecular weight excluding hydrogens is 466 g/mol. The third-order valence-corrected chi connectivity index (χ3v) is 6.85. The monoisotopic (exact) mass is 507 g/mol. The van der Waals surface area contributed by atoms with Crippen LogP contribution in [0.2, 0.25) is 0 Å². The summed E-state index contributed by atoms with van der Waals surface area (Å²) < 4.78 is 2.02. The van der Waals surface area contributed by atoms with Crippen LogP contribution in [-0.2, 0) is 11.3 Å². The summed E-state index contributed by atoms with van der Waals surface area (Å²) in [6, 6.07) is 9.07. The molecule has 0 saturated carbocycles. The van der Waals surface area contributed by atoms with Crippen molar-refractivity contribution in [3.05, 3.63) is 30.6 Å². The van der Waals surface area contributed by atoms with Crippen molar-refractivity contribution in [1.82, 2.24) is 29.3 Å². The SMILES string of the molecule is CC(C)N(CCNc1nc(Nc2cccc(N(C)C)c2)nc2c1ncn2CCN1CCCC1=O)C(C)C. The van der Waals surface area contributed by atoms with Gasteiger partial charge in [-0.05, 0) is 52.3 Å². The van der Waals surface area contributed by atoms with Crippen LogP contribution < -0.4 is 15.5 Å². The van der Waals surface area contributed by atoms with Crippen molar-refractivity contribution in [2.75, 3.05) is 55.8 Å². The normalized spacial score (nSPS) is 14.0. The van der Waals surface area contributed by atoms with E-state index in [2.05, 4.69) is 65.2 Å². The number of carbonyl (C=O) groups is 1.